The smallest absolute Gasteiger partial charge is 0.358 e. The van der Waals surface area contributed by atoms with Gasteiger partial charge in [-0.05, 0) is 269 Å². The Balaban J connectivity index is -0.000000130. The van der Waals surface area contributed by atoms with Gasteiger partial charge in [-0.1, -0.05) is 226 Å². The maximum absolute atomic E-state index is 2.67. The third kappa shape index (κ3) is 27.0. The summed E-state index contributed by atoms with van der Waals surface area (Å²) in [6.07, 6.45) is 43.8. The molecule has 8 fully saturated rings. The monoisotopic (exact) mass is 1620 g/mol. The molecular weight excluding hydrogens is 1450 g/mol. The standard InChI is InChI=1S/C21H30.C16H24.C12H16.3C10H20.12CH3.Hf.2Zr/c1-20(2,3)16-7-9-18-14(12-16)11-15-13-17(21(4,5)6)8-10-19(15)18;1-11(2)8-14-6-7-15-9-12-4-3-5-13(12)10-16(14)15;1-3-9-7-11-5-2-6-12(11)8-10(9)4-1;3*1-6-7(2)9(4)10(5)8(6)3;;;;;;;;;;;;;;;/h7-10,12-15,18-19H,11H2,1-6H3;9-11,14-16H,3-8H2,1-2H3;7-10H,1-6H2;3*6-10H,1-5H3;12*1H3;;;/q;;;;;;12*-1;3*+4. The maximum atomic E-state index is 2.67. The van der Waals surface area contributed by atoms with Crippen LogP contribution < -0.4 is 0 Å². The van der Waals surface area contributed by atoms with Crippen LogP contribution in [0.3, 0.4) is 0 Å². The molecule has 0 N–H and O–H groups in total. The second kappa shape index (κ2) is 48.5. The van der Waals surface area contributed by atoms with Crippen molar-refractivity contribution in [3.8, 4) is 0 Å². The molecule has 0 nitrogen and oxygen atoms in total. The van der Waals surface area contributed by atoms with Crippen LogP contribution in [0.2, 0.25) is 0 Å². The van der Waals surface area contributed by atoms with Gasteiger partial charge in [0, 0.05) is 0 Å². The van der Waals surface area contributed by atoms with Gasteiger partial charge < -0.3 is 89.1 Å². The van der Waals surface area contributed by atoms with Gasteiger partial charge in [0.1, 0.15) is 0 Å². The average Bonchev–Trinajstić information content (AvgIpc) is 1.62. The third-order valence-electron chi connectivity index (χ3n) is 26.5. The van der Waals surface area contributed by atoms with E-state index in [1.54, 1.807) is 22.3 Å². The van der Waals surface area contributed by atoms with Crippen LogP contribution >= 0.6 is 0 Å². The van der Waals surface area contributed by atoms with Gasteiger partial charge in [-0.25, -0.2) is 0 Å². The number of hydrogen-bond acceptors (Lipinski definition) is 0. The van der Waals surface area contributed by atoms with Crippen molar-refractivity contribution >= 4 is 0 Å². The zero-order valence-electron chi connectivity index (χ0n) is 69.9. The Morgan fingerprint density at radius 1 is 0.319 bits per heavy atom. The molecule has 94 heavy (non-hydrogen) atoms. The van der Waals surface area contributed by atoms with Crippen molar-refractivity contribution in [1.29, 1.82) is 0 Å². The first-order valence-corrected chi connectivity index (χ1v) is 34.6. The quantitative estimate of drug-likeness (QED) is 0.191. The van der Waals surface area contributed by atoms with Crippen molar-refractivity contribution < 1.29 is 78.3 Å². The van der Waals surface area contributed by atoms with E-state index in [1.165, 1.54) is 94.6 Å². The van der Waals surface area contributed by atoms with E-state index in [9.17, 15) is 0 Å². The van der Waals surface area contributed by atoms with E-state index in [4.69, 9.17) is 0 Å². The summed E-state index contributed by atoms with van der Waals surface area (Å²) >= 11 is 0. The Morgan fingerprint density at radius 2 is 0.574 bits per heavy atom. The minimum atomic E-state index is 0. The minimum Gasteiger partial charge on any atom is -0.358 e. The zero-order valence-corrected chi connectivity index (χ0v) is 78.4. The number of rotatable bonds is 2. The summed E-state index contributed by atoms with van der Waals surface area (Å²) in [4.78, 5) is 0. The second-order valence-electron chi connectivity index (χ2n) is 33.0. The van der Waals surface area contributed by atoms with Crippen LogP contribution in [0.25, 0.3) is 0 Å². The van der Waals surface area contributed by atoms with Gasteiger partial charge in [-0.2, -0.15) is 0 Å². The van der Waals surface area contributed by atoms with Crippen molar-refractivity contribution in [3.63, 3.8) is 0 Å². The topological polar surface area (TPSA) is 0 Å². The van der Waals surface area contributed by atoms with Gasteiger partial charge in [-0.15, -0.1) is 0 Å². The summed E-state index contributed by atoms with van der Waals surface area (Å²) in [7, 11) is 0. The van der Waals surface area contributed by atoms with Crippen molar-refractivity contribution in [1.82, 2.24) is 0 Å². The molecule has 0 bridgehead atoms. The fraction of sp³-hybridized carbons (Fsp3) is 0.692. The summed E-state index contributed by atoms with van der Waals surface area (Å²) in [5.41, 5.74) is 10.4. The molecule has 12 aliphatic rings. The van der Waals surface area contributed by atoms with E-state index < -0.39 is 0 Å². The van der Waals surface area contributed by atoms with Gasteiger partial charge in [0.2, 0.25) is 0 Å². The molecular formula is C91H166HfZr2. The first-order valence-electron chi connectivity index (χ1n) is 34.6. The van der Waals surface area contributed by atoms with Crippen LogP contribution in [0.15, 0.2) is 94.2 Å². The Bertz CT molecular complexity index is 1980. The maximum Gasteiger partial charge on any atom is 4.00 e. The summed E-state index contributed by atoms with van der Waals surface area (Å²) < 4.78 is 0. The summed E-state index contributed by atoms with van der Waals surface area (Å²) in [6.45, 7) is 54.7. The molecule has 9 atom stereocenters. The number of fused-ring (bicyclic) bond motifs is 7. The van der Waals surface area contributed by atoms with Crippen molar-refractivity contribution in [2.24, 2.45) is 159 Å². The van der Waals surface area contributed by atoms with Crippen molar-refractivity contribution in [3.05, 3.63) is 183 Å². The van der Waals surface area contributed by atoms with E-state index in [-0.39, 0.29) is 178 Å². The normalized spacial score (nSPS) is 36.8. The largest absolute Gasteiger partial charge is 4.00 e. The minimum absolute atomic E-state index is 0. The van der Waals surface area contributed by atoms with E-state index in [2.05, 4.69) is 220 Å². The molecule has 3 heteroatoms. The molecule has 0 aromatic rings. The summed E-state index contributed by atoms with van der Waals surface area (Å²) in [5, 5.41) is 0. The molecule has 0 spiro atoms. The molecule has 0 aromatic heterocycles. The summed E-state index contributed by atoms with van der Waals surface area (Å²) in [6, 6.07) is 0. The van der Waals surface area contributed by atoms with Gasteiger partial charge in [0.25, 0.3) is 0 Å². The fourth-order valence-corrected chi connectivity index (χ4v) is 18.5. The fourth-order valence-electron chi connectivity index (χ4n) is 18.5. The van der Waals surface area contributed by atoms with E-state index in [1.807, 2.05) is 0 Å². The number of allylic oxidation sites excluding steroid dienone is 16. The van der Waals surface area contributed by atoms with Gasteiger partial charge >= 0.3 is 78.3 Å². The van der Waals surface area contributed by atoms with Gasteiger partial charge in [-0.3, -0.25) is 0 Å². The molecule has 542 valence electrons. The molecule has 0 aromatic carbocycles. The van der Waals surface area contributed by atoms with E-state index in [0.717, 1.165) is 148 Å². The first-order chi connectivity index (χ1) is 37.0. The Hall–Kier alpha value is 0.556. The third-order valence-corrected chi connectivity index (χ3v) is 26.5. The van der Waals surface area contributed by atoms with E-state index in [0.29, 0.717) is 0 Å². The van der Waals surface area contributed by atoms with Gasteiger partial charge in [0.05, 0.1) is 0 Å². The van der Waals surface area contributed by atoms with Crippen molar-refractivity contribution in [2.45, 2.75) is 243 Å². The predicted octanol–water partition coefficient (Wildman–Crippen LogP) is 29.1. The molecule has 8 saturated carbocycles. The second-order valence-corrected chi connectivity index (χ2v) is 33.0. The molecule has 0 saturated heterocycles. The van der Waals surface area contributed by atoms with Crippen LogP contribution in [0, 0.1) is 248 Å². The van der Waals surface area contributed by atoms with Crippen molar-refractivity contribution in [2.75, 3.05) is 0 Å². The molecule has 0 radical (unpaired) electrons. The van der Waals surface area contributed by atoms with Gasteiger partial charge in [0.15, 0.2) is 0 Å². The van der Waals surface area contributed by atoms with Crippen LogP contribution in [0.5, 0.6) is 0 Å². The Labute approximate surface area is 657 Å². The van der Waals surface area contributed by atoms with E-state index >= 15 is 0 Å². The van der Waals surface area contributed by atoms with Crippen LogP contribution in [-0.4, -0.2) is 0 Å². The summed E-state index contributed by atoms with van der Waals surface area (Å²) in [5.74, 6) is 22.5. The van der Waals surface area contributed by atoms with Crippen LogP contribution in [0.1, 0.15) is 243 Å². The molecule has 0 amide bonds. The average molecular weight is 1620 g/mol. The molecule has 9 unspecified atom stereocenters. The van der Waals surface area contributed by atoms with Crippen LogP contribution in [-0.2, 0) is 78.3 Å². The molecule has 0 aliphatic heterocycles. The van der Waals surface area contributed by atoms with Crippen LogP contribution in [0.4, 0.5) is 0 Å². The molecule has 12 aliphatic carbocycles. The Kier molecular flexibility index (Phi) is 58.3. The molecule has 0 heterocycles. The zero-order chi connectivity index (χ0) is 58.2. The predicted molar refractivity (Wildman–Crippen MR) is 426 cm³/mol. The Morgan fingerprint density at radius 3 is 0.830 bits per heavy atom. The molecule has 12 rings (SSSR count). The number of hydrogen-bond donors (Lipinski definition) is 0. The SMILES string of the molecule is C1=C2CCCC2=CC2CCCC12.CC(C)(C)C1=CC2CC3C=C(C(C)(C)C)C=CC3C2C=C1.CC(C)CC1CCC2C=C3CCCC3=CC21.CC1C(C)C(C)C(C)C1C.CC1C(C)C(C)C(C)C1C.CC1C(C)C(C)C(C)C1C.[CH3-].[CH3-].[CH3-].[CH3-].[CH3-].[CH3-].[CH3-].[CH3-].[CH3-].[CH3-].[CH3-].[CH3-].[Hf+4].[Zr+4].[Zr+4]. The first kappa shape index (κ1) is 113.